The van der Waals surface area contributed by atoms with Crippen LogP contribution in [-0.2, 0) is 4.79 Å². The molecule has 0 spiro atoms. The average Bonchev–Trinajstić information content (AvgIpc) is 3.38. The normalized spacial score (nSPS) is 13.3. The fourth-order valence-corrected chi connectivity index (χ4v) is 3.76. The Morgan fingerprint density at radius 1 is 1.00 bits per heavy atom. The highest BCUT2D eigenvalue weighted by Gasteiger charge is 2.28. The van der Waals surface area contributed by atoms with Crippen LogP contribution in [0.25, 0.3) is 11.4 Å². The molecule has 4 aromatic rings. The first-order valence-electron chi connectivity index (χ1n) is 9.81. The molecule has 0 radical (unpaired) electrons. The molecule has 2 heterocycles. The lowest BCUT2D eigenvalue weighted by Crippen LogP contribution is -2.17. The first-order chi connectivity index (χ1) is 14.8. The molecule has 0 unspecified atom stereocenters. The number of thioether (sulfide) groups is 1. The Kier molecular flexibility index (Phi) is 5.06. The summed E-state index contributed by atoms with van der Waals surface area (Å²) in [6.07, 6.45) is 3.97. The third kappa shape index (κ3) is 4.13. The molecule has 1 amide bonds. The van der Waals surface area contributed by atoms with Gasteiger partial charge in [0.1, 0.15) is 12.1 Å². The van der Waals surface area contributed by atoms with E-state index >= 15 is 0 Å². The van der Waals surface area contributed by atoms with Gasteiger partial charge in [0.15, 0.2) is 0 Å². The van der Waals surface area contributed by atoms with Crippen LogP contribution in [0.5, 0.6) is 0 Å². The van der Waals surface area contributed by atoms with E-state index in [9.17, 15) is 4.79 Å². The molecule has 0 atom stereocenters. The summed E-state index contributed by atoms with van der Waals surface area (Å²) in [5.41, 5.74) is 2.89. The summed E-state index contributed by atoms with van der Waals surface area (Å²) < 4.78 is 3.51. The molecule has 5 rings (SSSR count). The van der Waals surface area contributed by atoms with Crippen LogP contribution >= 0.6 is 11.8 Å². The van der Waals surface area contributed by atoms with E-state index in [0.717, 1.165) is 29.9 Å². The van der Waals surface area contributed by atoms with Crippen LogP contribution in [0.2, 0.25) is 0 Å². The van der Waals surface area contributed by atoms with Crippen LogP contribution in [0.4, 0.5) is 5.82 Å². The second-order valence-corrected chi connectivity index (χ2v) is 8.06. The zero-order valence-corrected chi connectivity index (χ0v) is 17.0. The lowest BCUT2D eigenvalue weighted by atomic mass is 10.3. The van der Waals surface area contributed by atoms with Crippen LogP contribution in [-0.4, -0.2) is 36.2 Å². The van der Waals surface area contributed by atoms with Crippen molar-refractivity contribution < 1.29 is 4.79 Å². The van der Waals surface area contributed by atoms with E-state index < -0.39 is 0 Å². The summed E-state index contributed by atoms with van der Waals surface area (Å²) >= 11 is 1.31. The number of carbonyl (C=O) groups is 1. The van der Waals surface area contributed by atoms with Gasteiger partial charge in [0.25, 0.3) is 0 Å². The summed E-state index contributed by atoms with van der Waals surface area (Å²) in [6, 6.07) is 21.6. The van der Waals surface area contributed by atoms with Gasteiger partial charge in [-0.05, 0) is 37.1 Å². The van der Waals surface area contributed by atoms with E-state index in [2.05, 4.69) is 15.4 Å². The quantitative estimate of drug-likeness (QED) is 0.460. The van der Waals surface area contributed by atoms with Crippen LogP contribution < -0.4 is 5.32 Å². The summed E-state index contributed by atoms with van der Waals surface area (Å²) in [5, 5.41) is 12.7. The summed E-state index contributed by atoms with van der Waals surface area (Å²) in [7, 11) is 0. The zero-order valence-electron chi connectivity index (χ0n) is 16.2. The topological polar surface area (TPSA) is 77.6 Å². The number of hydrogen-bond donors (Lipinski definition) is 1. The lowest BCUT2D eigenvalue weighted by Gasteiger charge is -2.08. The molecule has 0 saturated heterocycles. The van der Waals surface area contributed by atoms with Crippen LogP contribution in [0, 0.1) is 0 Å². The van der Waals surface area contributed by atoms with Gasteiger partial charge in [-0.3, -0.25) is 4.79 Å². The Hall–Kier alpha value is -3.39. The predicted octanol–water partition coefficient (Wildman–Crippen LogP) is 4.06. The van der Waals surface area contributed by atoms with Gasteiger partial charge < -0.3 is 5.32 Å². The number of hydrogen-bond acceptors (Lipinski definition) is 5. The molecule has 30 heavy (non-hydrogen) atoms. The molecule has 0 bridgehead atoms. The number of carbonyl (C=O) groups excluding carboxylic acids is 1. The molecule has 1 N–H and O–H groups in total. The standard InChI is InChI=1S/C22H20N6OS/c29-21(14-30-22-23-15-27(26-22)17-7-3-1-4-8-17)24-20-13-19(16-11-12-16)25-28(20)18-9-5-2-6-10-18/h1-10,13,15-16H,11-12,14H2,(H,24,29). The molecule has 1 saturated carbocycles. The Bertz CT molecular complexity index is 1150. The van der Waals surface area contributed by atoms with Crippen molar-refractivity contribution in [2.45, 2.75) is 23.9 Å². The van der Waals surface area contributed by atoms with Crippen LogP contribution in [0.15, 0.2) is 78.2 Å². The fourth-order valence-electron chi connectivity index (χ4n) is 3.16. The van der Waals surface area contributed by atoms with Gasteiger partial charge in [0.05, 0.1) is 22.8 Å². The maximum absolute atomic E-state index is 12.6. The number of para-hydroxylation sites is 2. The number of nitrogens with zero attached hydrogens (tertiary/aromatic N) is 5. The maximum atomic E-state index is 12.6. The van der Waals surface area contributed by atoms with E-state index in [1.54, 1.807) is 15.7 Å². The largest absolute Gasteiger partial charge is 0.310 e. The van der Waals surface area contributed by atoms with Gasteiger partial charge in [0.2, 0.25) is 11.1 Å². The Morgan fingerprint density at radius 2 is 1.70 bits per heavy atom. The fraction of sp³-hybridized carbons (Fsp3) is 0.182. The van der Waals surface area contributed by atoms with E-state index in [-0.39, 0.29) is 11.7 Å². The number of anilines is 1. The molecule has 1 aliphatic carbocycles. The Labute approximate surface area is 178 Å². The molecule has 2 aromatic carbocycles. The number of nitrogens with one attached hydrogen (secondary N) is 1. The highest BCUT2D eigenvalue weighted by Crippen LogP contribution is 2.40. The lowest BCUT2D eigenvalue weighted by molar-refractivity contribution is -0.113. The van der Waals surface area contributed by atoms with Crippen molar-refractivity contribution in [2.24, 2.45) is 0 Å². The minimum absolute atomic E-state index is 0.115. The summed E-state index contributed by atoms with van der Waals surface area (Å²) in [5.74, 6) is 1.30. The third-order valence-electron chi connectivity index (χ3n) is 4.82. The van der Waals surface area contributed by atoms with Crippen LogP contribution in [0.3, 0.4) is 0 Å². The Balaban J connectivity index is 1.26. The van der Waals surface area contributed by atoms with Crippen molar-refractivity contribution in [3.05, 3.63) is 78.8 Å². The second kappa shape index (κ2) is 8.16. The molecule has 8 heteroatoms. The van der Waals surface area contributed by atoms with Crippen molar-refractivity contribution in [3.8, 4) is 11.4 Å². The van der Waals surface area contributed by atoms with E-state index in [1.165, 1.54) is 11.8 Å². The van der Waals surface area contributed by atoms with E-state index in [4.69, 9.17) is 5.10 Å². The number of rotatable bonds is 7. The number of amides is 1. The highest BCUT2D eigenvalue weighted by atomic mass is 32.2. The minimum Gasteiger partial charge on any atom is -0.310 e. The van der Waals surface area contributed by atoms with Crippen molar-refractivity contribution >= 4 is 23.5 Å². The second-order valence-electron chi connectivity index (χ2n) is 7.12. The molecule has 1 fully saturated rings. The number of aromatic nitrogens is 5. The molecular weight excluding hydrogens is 396 g/mol. The van der Waals surface area contributed by atoms with Crippen molar-refractivity contribution in [1.82, 2.24) is 24.5 Å². The molecule has 0 aliphatic heterocycles. The van der Waals surface area contributed by atoms with E-state index in [1.807, 2.05) is 66.7 Å². The third-order valence-corrected chi connectivity index (χ3v) is 5.67. The van der Waals surface area contributed by atoms with Gasteiger partial charge in [-0.2, -0.15) is 5.10 Å². The highest BCUT2D eigenvalue weighted by molar-refractivity contribution is 7.99. The van der Waals surface area contributed by atoms with Gasteiger partial charge >= 0.3 is 0 Å². The number of benzene rings is 2. The zero-order chi connectivity index (χ0) is 20.3. The molecule has 7 nitrogen and oxygen atoms in total. The predicted molar refractivity (Wildman–Crippen MR) is 116 cm³/mol. The van der Waals surface area contributed by atoms with Crippen molar-refractivity contribution in [2.75, 3.05) is 11.1 Å². The first-order valence-corrected chi connectivity index (χ1v) is 10.8. The average molecular weight is 417 g/mol. The molecule has 1 aliphatic rings. The first kappa shape index (κ1) is 18.6. The Morgan fingerprint density at radius 3 is 2.40 bits per heavy atom. The smallest absolute Gasteiger partial charge is 0.236 e. The van der Waals surface area contributed by atoms with Crippen molar-refractivity contribution in [1.29, 1.82) is 0 Å². The summed E-state index contributed by atoms with van der Waals surface area (Å²) in [4.78, 5) is 16.9. The molecule has 150 valence electrons. The van der Waals surface area contributed by atoms with E-state index in [0.29, 0.717) is 16.9 Å². The monoisotopic (exact) mass is 416 g/mol. The summed E-state index contributed by atoms with van der Waals surface area (Å²) in [6.45, 7) is 0. The maximum Gasteiger partial charge on any atom is 0.236 e. The molecular formula is C22H20N6OS. The van der Waals surface area contributed by atoms with Crippen molar-refractivity contribution in [3.63, 3.8) is 0 Å². The van der Waals surface area contributed by atoms with Gasteiger partial charge in [-0.1, -0.05) is 48.2 Å². The van der Waals surface area contributed by atoms with Gasteiger partial charge in [0, 0.05) is 12.0 Å². The van der Waals surface area contributed by atoms with Gasteiger partial charge in [-0.25, -0.2) is 14.3 Å². The van der Waals surface area contributed by atoms with Crippen LogP contribution in [0.1, 0.15) is 24.5 Å². The molecule has 2 aromatic heterocycles. The minimum atomic E-state index is -0.115. The SMILES string of the molecule is O=C(CSc1ncn(-c2ccccc2)n1)Nc1cc(C2CC2)nn1-c1ccccc1. The van der Waals surface area contributed by atoms with Gasteiger partial charge in [-0.15, -0.1) is 5.10 Å².